The first kappa shape index (κ1) is 13.5. The number of benzene rings is 1. The molecule has 0 aliphatic rings. The summed E-state index contributed by atoms with van der Waals surface area (Å²) in [4.78, 5) is 13.3. The zero-order chi connectivity index (χ0) is 13.8. The van der Waals surface area contributed by atoms with Gasteiger partial charge in [0.25, 0.3) is 5.91 Å². The summed E-state index contributed by atoms with van der Waals surface area (Å²) in [6, 6.07) is 7.70. The van der Waals surface area contributed by atoms with Gasteiger partial charge < -0.3 is 11.1 Å². The van der Waals surface area contributed by atoms with Gasteiger partial charge >= 0.3 is 0 Å². The second kappa shape index (κ2) is 5.79. The number of carbonyl (C=O) groups is 1. The molecule has 5 nitrogen and oxygen atoms in total. The van der Waals surface area contributed by atoms with Crippen LogP contribution in [0.3, 0.4) is 0 Å². The SMILES string of the molecule is CCSc1ccccc1NC(=O)c1c(N)cnn1C. The van der Waals surface area contributed by atoms with E-state index in [-0.39, 0.29) is 5.91 Å². The number of aromatic nitrogens is 2. The number of anilines is 2. The monoisotopic (exact) mass is 276 g/mol. The molecule has 1 amide bonds. The van der Waals surface area contributed by atoms with Crippen molar-refractivity contribution in [1.29, 1.82) is 0 Å². The fourth-order valence-electron chi connectivity index (χ4n) is 1.77. The zero-order valence-electron chi connectivity index (χ0n) is 10.9. The lowest BCUT2D eigenvalue weighted by Gasteiger charge is -2.10. The number of carbonyl (C=O) groups excluding carboxylic acids is 1. The summed E-state index contributed by atoms with van der Waals surface area (Å²) in [7, 11) is 1.69. The molecule has 6 heteroatoms. The molecule has 0 unspecified atom stereocenters. The van der Waals surface area contributed by atoms with Gasteiger partial charge in [0.15, 0.2) is 0 Å². The highest BCUT2D eigenvalue weighted by molar-refractivity contribution is 7.99. The molecule has 19 heavy (non-hydrogen) atoms. The van der Waals surface area contributed by atoms with Crippen LogP contribution in [-0.2, 0) is 7.05 Å². The fourth-order valence-corrected chi connectivity index (χ4v) is 2.53. The summed E-state index contributed by atoms with van der Waals surface area (Å²) in [6.45, 7) is 2.07. The molecule has 0 spiro atoms. The molecule has 0 saturated carbocycles. The number of thioether (sulfide) groups is 1. The van der Waals surface area contributed by atoms with Gasteiger partial charge in [-0.2, -0.15) is 5.10 Å². The van der Waals surface area contributed by atoms with Crippen LogP contribution in [0, 0.1) is 0 Å². The molecular weight excluding hydrogens is 260 g/mol. The number of aryl methyl sites for hydroxylation is 1. The minimum Gasteiger partial charge on any atom is -0.396 e. The van der Waals surface area contributed by atoms with Crippen molar-refractivity contribution in [3.8, 4) is 0 Å². The van der Waals surface area contributed by atoms with Crippen LogP contribution in [0.1, 0.15) is 17.4 Å². The van der Waals surface area contributed by atoms with Gasteiger partial charge in [-0.3, -0.25) is 9.48 Å². The third-order valence-electron chi connectivity index (χ3n) is 2.62. The quantitative estimate of drug-likeness (QED) is 0.841. The van der Waals surface area contributed by atoms with Gasteiger partial charge in [0.1, 0.15) is 5.69 Å². The topological polar surface area (TPSA) is 72.9 Å². The van der Waals surface area contributed by atoms with Gasteiger partial charge in [0.2, 0.25) is 0 Å². The molecule has 2 aromatic rings. The maximum atomic E-state index is 12.2. The highest BCUT2D eigenvalue weighted by atomic mass is 32.2. The van der Waals surface area contributed by atoms with E-state index in [4.69, 9.17) is 5.73 Å². The lowest BCUT2D eigenvalue weighted by atomic mass is 10.3. The molecule has 1 aromatic carbocycles. The molecular formula is C13H16N4OS. The Labute approximate surface area is 116 Å². The maximum Gasteiger partial charge on any atom is 0.276 e. The van der Waals surface area contributed by atoms with Crippen LogP contribution in [0.5, 0.6) is 0 Å². The average molecular weight is 276 g/mol. The van der Waals surface area contributed by atoms with E-state index in [1.807, 2.05) is 24.3 Å². The predicted molar refractivity (Wildman–Crippen MR) is 78.4 cm³/mol. The predicted octanol–water partition coefficient (Wildman–Crippen LogP) is 2.37. The maximum absolute atomic E-state index is 12.2. The first-order valence-electron chi connectivity index (χ1n) is 5.94. The number of nitrogens with one attached hydrogen (secondary N) is 1. The highest BCUT2D eigenvalue weighted by Crippen LogP contribution is 2.27. The smallest absolute Gasteiger partial charge is 0.276 e. The number of nitrogens with zero attached hydrogens (tertiary/aromatic N) is 2. The van der Waals surface area contributed by atoms with Crippen LogP contribution in [0.25, 0.3) is 0 Å². The van der Waals surface area contributed by atoms with Crippen molar-refractivity contribution in [2.45, 2.75) is 11.8 Å². The number of para-hydroxylation sites is 1. The van der Waals surface area contributed by atoms with Crippen molar-refractivity contribution >= 4 is 29.0 Å². The molecule has 2 rings (SSSR count). The molecule has 0 aliphatic carbocycles. The van der Waals surface area contributed by atoms with Crippen LogP contribution in [0.2, 0.25) is 0 Å². The molecule has 1 heterocycles. The van der Waals surface area contributed by atoms with Gasteiger partial charge in [-0.05, 0) is 17.9 Å². The van der Waals surface area contributed by atoms with E-state index in [1.54, 1.807) is 18.8 Å². The first-order chi connectivity index (χ1) is 9.13. The van der Waals surface area contributed by atoms with E-state index >= 15 is 0 Å². The van der Waals surface area contributed by atoms with Crippen molar-refractivity contribution in [3.63, 3.8) is 0 Å². The largest absolute Gasteiger partial charge is 0.396 e. The van der Waals surface area contributed by atoms with Gasteiger partial charge in [0.05, 0.1) is 17.6 Å². The lowest BCUT2D eigenvalue weighted by molar-refractivity contribution is 0.101. The molecule has 0 bridgehead atoms. The highest BCUT2D eigenvalue weighted by Gasteiger charge is 2.16. The van der Waals surface area contributed by atoms with E-state index in [1.165, 1.54) is 10.9 Å². The van der Waals surface area contributed by atoms with E-state index in [0.29, 0.717) is 11.4 Å². The normalized spacial score (nSPS) is 10.4. The van der Waals surface area contributed by atoms with Crippen LogP contribution >= 0.6 is 11.8 Å². The second-order valence-corrected chi connectivity index (χ2v) is 5.26. The summed E-state index contributed by atoms with van der Waals surface area (Å²) in [6.07, 6.45) is 1.47. The Morgan fingerprint density at radius 3 is 2.84 bits per heavy atom. The van der Waals surface area contributed by atoms with Crippen LogP contribution in [0.15, 0.2) is 35.4 Å². The summed E-state index contributed by atoms with van der Waals surface area (Å²) in [5, 5.41) is 6.84. The summed E-state index contributed by atoms with van der Waals surface area (Å²) in [5.74, 6) is 0.697. The summed E-state index contributed by atoms with van der Waals surface area (Å²) < 4.78 is 1.47. The van der Waals surface area contributed by atoms with Gasteiger partial charge in [-0.25, -0.2) is 0 Å². The van der Waals surface area contributed by atoms with Crippen molar-refractivity contribution < 1.29 is 4.79 Å². The van der Waals surface area contributed by atoms with E-state index in [9.17, 15) is 4.79 Å². The van der Waals surface area contributed by atoms with Gasteiger partial charge in [0, 0.05) is 11.9 Å². The minimum atomic E-state index is -0.248. The molecule has 0 radical (unpaired) electrons. The number of hydrogen-bond donors (Lipinski definition) is 2. The van der Waals surface area contributed by atoms with Crippen LogP contribution in [0.4, 0.5) is 11.4 Å². The summed E-state index contributed by atoms with van der Waals surface area (Å²) >= 11 is 1.68. The third kappa shape index (κ3) is 2.90. The third-order valence-corrected chi connectivity index (χ3v) is 3.57. The number of nitrogens with two attached hydrogens (primary N) is 1. The van der Waals surface area contributed by atoms with Crippen LogP contribution in [-0.4, -0.2) is 21.4 Å². The molecule has 0 atom stereocenters. The Hall–Kier alpha value is -1.95. The Morgan fingerprint density at radius 2 is 2.21 bits per heavy atom. The molecule has 0 fully saturated rings. The number of hydrogen-bond acceptors (Lipinski definition) is 4. The van der Waals surface area contributed by atoms with Crippen molar-refractivity contribution in [3.05, 3.63) is 36.2 Å². The number of nitrogen functional groups attached to an aromatic ring is 1. The number of amides is 1. The Balaban J connectivity index is 2.24. The van der Waals surface area contributed by atoms with Crippen molar-refractivity contribution in [2.75, 3.05) is 16.8 Å². The van der Waals surface area contributed by atoms with Gasteiger partial charge in [-0.1, -0.05) is 19.1 Å². The molecule has 0 saturated heterocycles. The standard InChI is InChI=1S/C13H16N4OS/c1-3-19-11-7-5-4-6-10(11)16-13(18)12-9(14)8-15-17(12)2/h4-8H,3,14H2,1-2H3,(H,16,18). The van der Waals surface area contributed by atoms with Crippen LogP contribution < -0.4 is 11.1 Å². The molecule has 3 N–H and O–H groups in total. The van der Waals surface area contributed by atoms with Gasteiger partial charge in [-0.15, -0.1) is 11.8 Å². The molecule has 0 aliphatic heterocycles. The molecule has 100 valence electrons. The second-order valence-electron chi connectivity index (χ2n) is 3.96. The average Bonchev–Trinajstić information content (AvgIpc) is 2.72. The Morgan fingerprint density at radius 1 is 1.47 bits per heavy atom. The fraction of sp³-hybridized carbons (Fsp3) is 0.231. The van der Waals surface area contributed by atoms with E-state index in [0.717, 1.165) is 16.3 Å². The van der Waals surface area contributed by atoms with Crippen molar-refractivity contribution in [2.24, 2.45) is 7.05 Å². The minimum absolute atomic E-state index is 0.248. The van der Waals surface area contributed by atoms with E-state index in [2.05, 4.69) is 17.3 Å². The van der Waals surface area contributed by atoms with Crippen molar-refractivity contribution in [1.82, 2.24) is 9.78 Å². The summed E-state index contributed by atoms with van der Waals surface area (Å²) in [5.41, 5.74) is 7.28. The first-order valence-corrected chi connectivity index (χ1v) is 6.92. The number of rotatable bonds is 4. The Kier molecular flexibility index (Phi) is 4.11. The lowest BCUT2D eigenvalue weighted by Crippen LogP contribution is -2.18. The molecule has 1 aromatic heterocycles. The Bertz CT molecular complexity index is 575. The van der Waals surface area contributed by atoms with E-state index < -0.39 is 0 Å². The zero-order valence-corrected chi connectivity index (χ0v) is 11.7.